The Morgan fingerprint density at radius 2 is 2.33 bits per heavy atom. The van der Waals surface area contributed by atoms with Crippen LogP contribution in [0.15, 0.2) is 18.2 Å². The summed E-state index contributed by atoms with van der Waals surface area (Å²) in [5.41, 5.74) is 1.34. The molecule has 0 aromatic heterocycles. The molecule has 0 amide bonds. The summed E-state index contributed by atoms with van der Waals surface area (Å²) in [7, 11) is 1.54. The van der Waals surface area contributed by atoms with Crippen LogP contribution in [0.2, 0.25) is 0 Å². The maximum Gasteiger partial charge on any atom is 0.153 e. The van der Waals surface area contributed by atoms with Gasteiger partial charge in [0.2, 0.25) is 0 Å². The fourth-order valence-corrected chi connectivity index (χ4v) is 1.24. The first-order chi connectivity index (χ1) is 7.31. The summed E-state index contributed by atoms with van der Waals surface area (Å²) in [5.74, 6) is 7.23. The van der Waals surface area contributed by atoms with E-state index in [0.717, 1.165) is 24.0 Å². The summed E-state index contributed by atoms with van der Waals surface area (Å²) in [5, 5.41) is 0. The molecule has 1 aromatic carbocycles. The molecule has 0 heterocycles. The highest BCUT2D eigenvalue weighted by molar-refractivity contribution is 7.80. The quantitative estimate of drug-likeness (QED) is 0.480. The highest BCUT2D eigenvalue weighted by Gasteiger charge is 2.01. The first-order valence-electron chi connectivity index (χ1n) is 4.54. The van der Waals surface area contributed by atoms with Gasteiger partial charge < -0.3 is 4.74 Å². The normalized spacial score (nSPS) is 8.93. The maximum atomic E-state index is 10.7. The van der Waals surface area contributed by atoms with Crippen molar-refractivity contribution in [3.05, 3.63) is 29.3 Å². The molecule has 0 bridgehead atoms. The van der Waals surface area contributed by atoms with Crippen molar-refractivity contribution in [1.29, 1.82) is 0 Å². The topological polar surface area (TPSA) is 26.3 Å². The number of carbonyl (C=O) groups is 1. The molecule has 0 radical (unpaired) electrons. The lowest BCUT2D eigenvalue weighted by molar-refractivity contribution is 0.112. The minimum Gasteiger partial charge on any atom is -0.496 e. The van der Waals surface area contributed by atoms with Gasteiger partial charge in [-0.05, 0) is 18.2 Å². The summed E-state index contributed by atoms with van der Waals surface area (Å²) in [6.07, 6.45) is 1.51. The first kappa shape index (κ1) is 11.7. The van der Waals surface area contributed by atoms with Crippen LogP contribution in [0.4, 0.5) is 0 Å². The molecule has 0 saturated heterocycles. The Labute approximate surface area is 95.1 Å². The van der Waals surface area contributed by atoms with E-state index < -0.39 is 0 Å². The van der Waals surface area contributed by atoms with Gasteiger partial charge in [-0.15, -0.1) is 0 Å². The van der Waals surface area contributed by atoms with Gasteiger partial charge in [0.05, 0.1) is 12.7 Å². The second-order valence-corrected chi connectivity index (χ2v) is 3.30. The van der Waals surface area contributed by atoms with Crippen LogP contribution in [-0.4, -0.2) is 19.1 Å². The van der Waals surface area contributed by atoms with Crippen LogP contribution in [0.5, 0.6) is 5.75 Å². The predicted molar refractivity (Wildman–Crippen MR) is 63.7 cm³/mol. The molecule has 0 aliphatic heterocycles. The summed E-state index contributed by atoms with van der Waals surface area (Å²) in [6.45, 7) is 0. The van der Waals surface area contributed by atoms with Crippen molar-refractivity contribution in [2.75, 3.05) is 12.9 Å². The average molecular weight is 220 g/mol. The molecular weight excluding hydrogens is 208 g/mol. The maximum absolute atomic E-state index is 10.7. The third-order valence-corrected chi connectivity index (χ3v) is 2.05. The molecule has 0 atom stereocenters. The smallest absolute Gasteiger partial charge is 0.153 e. The lowest BCUT2D eigenvalue weighted by atomic mass is 10.1. The number of aldehydes is 1. The van der Waals surface area contributed by atoms with Gasteiger partial charge in [-0.2, -0.15) is 12.6 Å². The van der Waals surface area contributed by atoms with E-state index in [9.17, 15) is 4.79 Å². The predicted octanol–water partition coefficient (Wildman–Crippen LogP) is 2.18. The van der Waals surface area contributed by atoms with Crippen molar-refractivity contribution >= 4 is 18.9 Å². The fraction of sp³-hybridized carbons (Fsp3) is 0.250. The van der Waals surface area contributed by atoms with Crippen LogP contribution in [0.25, 0.3) is 0 Å². The first-order valence-corrected chi connectivity index (χ1v) is 5.18. The van der Waals surface area contributed by atoms with E-state index in [-0.39, 0.29) is 0 Å². The molecule has 3 heteroatoms. The zero-order valence-corrected chi connectivity index (χ0v) is 9.38. The average Bonchev–Trinajstić information content (AvgIpc) is 2.29. The van der Waals surface area contributed by atoms with Gasteiger partial charge in [0, 0.05) is 17.7 Å². The molecule has 2 nitrogen and oxygen atoms in total. The Kier molecular flexibility index (Phi) is 4.79. The van der Waals surface area contributed by atoms with E-state index in [2.05, 4.69) is 24.5 Å². The lowest BCUT2D eigenvalue weighted by Crippen LogP contribution is -1.90. The molecule has 0 fully saturated rings. The number of thiol groups is 1. The zero-order valence-electron chi connectivity index (χ0n) is 8.49. The van der Waals surface area contributed by atoms with Gasteiger partial charge in [-0.3, -0.25) is 4.79 Å². The zero-order chi connectivity index (χ0) is 11.1. The van der Waals surface area contributed by atoms with Crippen LogP contribution in [0, 0.1) is 11.8 Å². The summed E-state index contributed by atoms with van der Waals surface area (Å²) in [4.78, 5) is 10.7. The SMILES string of the molecule is COc1ccc(C#CCCS)cc1C=O. The second kappa shape index (κ2) is 6.15. The van der Waals surface area contributed by atoms with Crippen molar-refractivity contribution in [2.24, 2.45) is 0 Å². The monoisotopic (exact) mass is 220 g/mol. The third-order valence-electron chi connectivity index (χ3n) is 1.83. The summed E-state index contributed by atoms with van der Waals surface area (Å²) < 4.78 is 5.03. The second-order valence-electron chi connectivity index (χ2n) is 2.85. The lowest BCUT2D eigenvalue weighted by Gasteiger charge is -2.02. The van der Waals surface area contributed by atoms with E-state index >= 15 is 0 Å². The van der Waals surface area contributed by atoms with Crippen molar-refractivity contribution < 1.29 is 9.53 Å². The Morgan fingerprint density at radius 1 is 1.53 bits per heavy atom. The van der Waals surface area contributed by atoms with Gasteiger partial charge >= 0.3 is 0 Å². The highest BCUT2D eigenvalue weighted by atomic mass is 32.1. The number of methoxy groups -OCH3 is 1. The largest absolute Gasteiger partial charge is 0.496 e. The van der Waals surface area contributed by atoms with Gasteiger partial charge in [0.15, 0.2) is 6.29 Å². The van der Waals surface area contributed by atoms with Gasteiger partial charge in [0.25, 0.3) is 0 Å². The third kappa shape index (κ3) is 3.34. The van der Waals surface area contributed by atoms with Crippen LogP contribution in [-0.2, 0) is 0 Å². The molecule has 15 heavy (non-hydrogen) atoms. The van der Waals surface area contributed by atoms with Crippen molar-refractivity contribution in [2.45, 2.75) is 6.42 Å². The minimum absolute atomic E-state index is 0.523. The molecule has 0 aliphatic rings. The molecule has 0 aliphatic carbocycles. The minimum atomic E-state index is 0.523. The fourth-order valence-electron chi connectivity index (χ4n) is 1.12. The Balaban J connectivity index is 2.94. The van der Waals surface area contributed by atoms with Crippen LogP contribution in [0.3, 0.4) is 0 Å². The van der Waals surface area contributed by atoms with Crippen molar-refractivity contribution in [3.8, 4) is 17.6 Å². The van der Waals surface area contributed by atoms with E-state index in [1.807, 2.05) is 6.07 Å². The van der Waals surface area contributed by atoms with E-state index in [4.69, 9.17) is 4.74 Å². The molecule has 0 unspecified atom stereocenters. The van der Waals surface area contributed by atoms with Crippen molar-refractivity contribution in [3.63, 3.8) is 0 Å². The molecule has 0 saturated carbocycles. The van der Waals surface area contributed by atoms with Crippen LogP contribution >= 0.6 is 12.6 Å². The molecule has 1 rings (SSSR count). The molecule has 0 spiro atoms. The van der Waals surface area contributed by atoms with Gasteiger partial charge in [-0.25, -0.2) is 0 Å². The molecule has 78 valence electrons. The molecule has 1 aromatic rings. The highest BCUT2D eigenvalue weighted by Crippen LogP contribution is 2.17. The van der Waals surface area contributed by atoms with Gasteiger partial charge in [-0.1, -0.05) is 11.8 Å². The number of hydrogen-bond donors (Lipinski definition) is 1. The number of hydrogen-bond acceptors (Lipinski definition) is 3. The van der Waals surface area contributed by atoms with Crippen molar-refractivity contribution in [1.82, 2.24) is 0 Å². The number of benzene rings is 1. The number of carbonyl (C=O) groups excluding carboxylic acids is 1. The van der Waals surface area contributed by atoms with E-state index in [1.54, 1.807) is 12.1 Å². The van der Waals surface area contributed by atoms with E-state index in [0.29, 0.717) is 11.3 Å². The number of ether oxygens (including phenoxy) is 1. The molecule has 0 N–H and O–H groups in total. The van der Waals surface area contributed by atoms with E-state index in [1.165, 1.54) is 7.11 Å². The van der Waals surface area contributed by atoms with Crippen LogP contribution in [0.1, 0.15) is 22.3 Å². The Morgan fingerprint density at radius 3 is 2.93 bits per heavy atom. The standard InChI is InChI=1S/C12H12O2S/c1-14-12-6-5-10(4-2-3-7-15)8-11(12)9-13/h5-6,8-9,15H,3,7H2,1H3. The molecular formula is C12H12O2S. The van der Waals surface area contributed by atoms with Gasteiger partial charge in [0.1, 0.15) is 5.75 Å². The summed E-state index contributed by atoms with van der Waals surface area (Å²) >= 11 is 4.06. The Bertz CT molecular complexity index is 402. The van der Waals surface area contributed by atoms with Crippen LogP contribution < -0.4 is 4.74 Å². The Hall–Kier alpha value is -1.40. The number of rotatable bonds is 3. The summed E-state index contributed by atoms with van der Waals surface area (Å²) in [6, 6.07) is 5.29.